The molecule has 0 amide bonds. The van der Waals surface area contributed by atoms with Crippen LogP contribution < -0.4 is 4.72 Å². The highest BCUT2D eigenvalue weighted by Gasteiger charge is 2.30. The lowest BCUT2D eigenvalue weighted by Crippen LogP contribution is -2.07. The van der Waals surface area contributed by atoms with Crippen LogP contribution in [-0.2, 0) is 24.1 Å². The maximum Gasteiger partial charge on any atom is 0.355 e. The molecule has 1 aliphatic rings. The number of anilines is 1. The van der Waals surface area contributed by atoms with Gasteiger partial charge in [-0.15, -0.1) is 22.7 Å². The maximum absolute atomic E-state index is 15.0. The van der Waals surface area contributed by atoms with Crippen LogP contribution in [0.15, 0.2) is 48.0 Å². The monoisotopic (exact) mass is 626 g/mol. The third-order valence-corrected chi connectivity index (χ3v) is 9.01. The standard InChI is InChI=1S/C28H23F2N5O4S3/c1-14-12-31-26(41-14)18-11-17(5-6-20(18)29)25-19(8-16-4-7-22(21(30)9-16)34-42(38)39)24(10-15-2-3-15)35(33-25)28-32-23(13-40-28)27(36)37/h4-7,9,11-13,15,34H,2-3,8,10H2,1H3,(H,36,37)(H,38,39)/p-1. The Morgan fingerprint density at radius 2 is 2.02 bits per heavy atom. The van der Waals surface area contributed by atoms with Crippen LogP contribution in [0.25, 0.3) is 27.0 Å². The van der Waals surface area contributed by atoms with Crippen LogP contribution in [-0.4, -0.2) is 39.6 Å². The number of nitrogens with one attached hydrogen (secondary N) is 1. The minimum atomic E-state index is -2.68. The van der Waals surface area contributed by atoms with Crippen molar-refractivity contribution in [2.24, 2.45) is 5.92 Å². The zero-order chi connectivity index (χ0) is 29.5. The Bertz CT molecular complexity index is 1850. The first-order valence-electron chi connectivity index (χ1n) is 12.8. The summed E-state index contributed by atoms with van der Waals surface area (Å²) in [5.74, 6) is -1.91. The molecule has 9 nitrogen and oxygen atoms in total. The van der Waals surface area contributed by atoms with E-state index in [9.17, 15) is 27.4 Å². The zero-order valence-electron chi connectivity index (χ0n) is 22.0. The number of hydrogen-bond donors (Lipinski definition) is 2. The number of aryl methyl sites for hydroxylation is 1. The van der Waals surface area contributed by atoms with Crippen molar-refractivity contribution in [1.29, 1.82) is 0 Å². The largest absolute Gasteiger partial charge is 0.755 e. The molecule has 0 radical (unpaired) electrons. The molecule has 216 valence electrons. The number of carboxylic acids is 1. The number of carbonyl (C=O) groups is 1. The van der Waals surface area contributed by atoms with Gasteiger partial charge in [-0.2, -0.15) is 5.10 Å². The summed E-state index contributed by atoms with van der Waals surface area (Å²) in [6.07, 6.45) is 4.61. The molecule has 0 saturated heterocycles. The summed E-state index contributed by atoms with van der Waals surface area (Å²) in [6, 6.07) is 8.91. The SMILES string of the molecule is Cc1cnc(-c2cc(-c3nn(-c4nc(C(=O)O)cs4)c(CC4CC4)c3Cc3ccc(NS(=O)[O-])c(F)c3)ccc2F)s1. The highest BCUT2D eigenvalue weighted by molar-refractivity contribution is 7.80. The predicted molar refractivity (Wildman–Crippen MR) is 156 cm³/mol. The molecule has 42 heavy (non-hydrogen) atoms. The number of rotatable bonds is 10. The Kier molecular flexibility index (Phi) is 7.70. The van der Waals surface area contributed by atoms with Crippen molar-refractivity contribution in [2.45, 2.75) is 32.6 Å². The molecule has 0 spiro atoms. The Balaban J connectivity index is 1.52. The van der Waals surface area contributed by atoms with Crippen LogP contribution in [0.1, 0.15) is 45.0 Å². The third-order valence-electron chi connectivity index (χ3n) is 6.86. The van der Waals surface area contributed by atoms with Gasteiger partial charge in [-0.3, -0.25) is 4.21 Å². The minimum absolute atomic E-state index is 0.102. The highest BCUT2D eigenvalue weighted by Crippen LogP contribution is 2.39. The number of halogens is 2. The summed E-state index contributed by atoms with van der Waals surface area (Å²) in [6.45, 7) is 1.89. The van der Waals surface area contributed by atoms with Gasteiger partial charge in [0.05, 0.1) is 17.1 Å². The average molecular weight is 627 g/mol. The van der Waals surface area contributed by atoms with E-state index in [2.05, 4.69) is 9.97 Å². The number of hydrogen-bond acceptors (Lipinski definition) is 8. The van der Waals surface area contributed by atoms with Crippen molar-refractivity contribution in [3.05, 3.63) is 87.0 Å². The molecule has 6 rings (SSSR count). The van der Waals surface area contributed by atoms with Crippen LogP contribution in [0.4, 0.5) is 14.5 Å². The molecule has 1 unspecified atom stereocenters. The van der Waals surface area contributed by atoms with E-state index in [1.807, 2.05) is 11.6 Å². The molecule has 5 aromatic rings. The Morgan fingerprint density at radius 1 is 1.21 bits per heavy atom. The number of thiazole rings is 2. The molecule has 3 aromatic heterocycles. The molecule has 1 atom stereocenters. The van der Waals surface area contributed by atoms with Crippen molar-refractivity contribution in [1.82, 2.24) is 19.7 Å². The first-order valence-corrected chi connectivity index (χ1v) is 15.6. The molecule has 1 fully saturated rings. The van der Waals surface area contributed by atoms with Gasteiger partial charge in [0.1, 0.15) is 16.6 Å². The number of nitrogens with zero attached hydrogens (tertiary/aromatic N) is 4. The van der Waals surface area contributed by atoms with E-state index in [1.54, 1.807) is 29.1 Å². The number of benzene rings is 2. The van der Waals surface area contributed by atoms with Crippen LogP contribution in [0.2, 0.25) is 0 Å². The van der Waals surface area contributed by atoms with Gasteiger partial charge in [-0.1, -0.05) is 6.07 Å². The lowest BCUT2D eigenvalue weighted by Gasteiger charge is -2.12. The number of carboxylic acid groups (broad SMARTS) is 1. The fraction of sp³-hybridized carbons (Fsp3) is 0.214. The Hall–Kier alpha value is -3.85. The first kappa shape index (κ1) is 28.3. The van der Waals surface area contributed by atoms with Crippen molar-refractivity contribution in [3.8, 4) is 27.0 Å². The van der Waals surface area contributed by atoms with Gasteiger partial charge in [0, 0.05) is 50.8 Å². The second-order valence-electron chi connectivity index (χ2n) is 9.95. The molecule has 0 aliphatic heterocycles. The first-order chi connectivity index (χ1) is 20.2. The van der Waals surface area contributed by atoms with Crippen LogP contribution in [0.5, 0.6) is 0 Å². The summed E-state index contributed by atoms with van der Waals surface area (Å²) in [4.78, 5) is 21.1. The van der Waals surface area contributed by atoms with E-state index in [-0.39, 0.29) is 17.8 Å². The number of aromatic nitrogens is 4. The van der Waals surface area contributed by atoms with E-state index >= 15 is 0 Å². The summed E-state index contributed by atoms with van der Waals surface area (Å²) in [7, 11) is 0. The van der Waals surface area contributed by atoms with Gasteiger partial charge in [-0.25, -0.2) is 28.2 Å². The van der Waals surface area contributed by atoms with Gasteiger partial charge >= 0.3 is 5.97 Å². The molecular weight excluding hydrogens is 605 g/mol. The molecule has 1 saturated carbocycles. The normalized spacial score (nSPS) is 13.8. The third kappa shape index (κ3) is 5.88. The lowest BCUT2D eigenvalue weighted by atomic mass is 9.96. The van der Waals surface area contributed by atoms with Gasteiger partial charge in [0.15, 0.2) is 5.69 Å². The van der Waals surface area contributed by atoms with Crippen LogP contribution in [0, 0.1) is 24.5 Å². The molecule has 3 heterocycles. The zero-order valence-corrected chi connectivity index (χ0v) is 24.4. The average Bonchev–Trinajstić information content (AvgIpc) is 3.29. The van der Waals surface area contributed by atoms with E-state index < -0.39 is 28.9 Å². The molecule has 14 heteroatoms. The predicted octanol–water partition coefficient (Wildman–Crippen LogP) is 6.15. The topological polar surface area (TPSA) is 133 Å². The second-order valence-corrected chi connectivity index (χ2v) is 12.7. The second kappa shape index (κ2) is 11.4. The lowest BCUT2D eigenvalue weighted by molar-refractivity contribution is 0.0691. The highest BCUT2D eigenvalue weighted by atomic mass is 32.2. The summed E-state index contributed by atoms with van der Waals surface area (Å²) in [5.41, 5.74) is 3.31. The van der Waals surface area contributed by atoms with Crippen molar-refractivity contribution in [2.75, 3.05) is 4.72 Å². The summed E-state index contributed by atoms with van der Waals surface area (Å²) in [5, 5.41) is 16.7. The van der Waals surface area contributed by atoms with Gasteiger partial charge in [0.25, 0.3) is 0 Å². The summed E-state index contributed by atoms with van der Waals surface area (Å²) >= 11 is -0.164. The molecule has 2 aromatic carbocycles. The van der Waals surface area contributed by atoms with E-state index in [0.29, 0.717) is 44.9 Å². The summed E-state index contributed by atoms with van der Waals surface area (Å²) < 4.78 is 55.6. The fourth-order valence-corrected chi connectivity index (χ4v) is 6.59. The van der Waals surface area contributed by atoms with Crippen molar-refractivity contribution in [3.63, 3.8) is 0 Å². The van der Waals surface area contributed by atoms with E-state index in [1.165, 1.54) is 34.9 Å². The maximum atomic E-state index is 15.0. The fourth-order valence-electron chi connectivity index (χ4n) is 4.69. The molecule has 0 bridgehead atoms. The van der Waals surface area contributed by atoms with Crippen LogP contribution >= 0.6 is 22.7 Å². The molecule has 2 N–H and O–H groups in total. The Labute approximate surface area is 249 Å². The van der Waals surface area contributed by atoms with Crippen molar-refractivity contribution >= 4 is 45.6 Å². The quantitative estimate of drug-likeness (QED) is 0.178. The van der Waals surface area contributed by atoms with Gasteiger partial charge in [-0.05, 0) is 68.0 Å². The van der Waals surface area contributed by atoms with Crippen LogP contribution in [0.3, 0.4) is 0 Å². The van der Waals surface area contributed by atoms with Crippen molar-refractivity contribution < 1.29 is 27.4 Å². The molecular formula is C28H22F2N5O4S3-. The van der Waals surface area contributed by atoms with E-state index in [0.717, 1.165) is 40.3 Å². The van der Waals surface area contributed by atoms with Gasteiger partial charge in [0.2, 0.25) is 5.13 Å². The number of aromatic carboxylic acids is 1. The van der Waals surface area contributed by atoms with E-state index in [4.69, 9.17) is 5.10 Å². The Morgan fingerprint density at radius 3 is 2.67 bits per heavy atom. The molecule has 1 aliphatic carbocycles. The van der Waals surface area contributed by atoms with Gasteiger partial charge < -0.3 is 14.4 Å². The minimum Gasteiger partial charge on any atom is -0.755 e. The smallest absolute Gasteiger partial charge is 0.355 e.